The van der Waals surface area contributed by atoms with Crippen molar-refractivity contribution in [2.75, 3.05) is 44.9 Å². The van der Waals surface area contributed by atoms with Gasteiger partial charge in [-0.15, -0.1) is 0 Å². The molecule has 1 saturated heterocycles. The van der Waals surface area contributed by atoms with Crippen LogP contribution in [0.4, 0.5) is 4.79 Å². The van der Waals surface area contributed by atoms with Gasteiger partial charge < -0.3 is 24.8 Å². The predicted octanol–water partition coefficient (Wildman–Crippen LogP) is 3.21. The molecule has 2 atom stereocenters. The Morgan fingerprint density at radius 3 is 2.37 bits per heavy atom. The smallest absolute Gasteiger partial charge is 0.407 e. The molecule has 4 rings (SSSR count). The normalized spacial score (nSPS) is 20.7. The number of aliphatic carboxylic acids is 1. The Morgan fingerprint density at radius 2 is 1.77 bits per heavy atom. The molecule has 186 valence electrons. The van der Waals surface area contributed by atoms with Crippen molar-refractivity contribution in [1.29, 1.82) is 0 Å². The highest BCUT2D eigenvalue weighted by Gasteiger charge is 2.49. The molecule has 1 aliphatic heterocycles. The van der Waals surface area contributed by atoms with Crippen molar-refractivity contribution < 1.29 is 29.0 Å². The van der Waals surface area contributed by atoms with Gasteiger partial charge in [0.1, 0.15) is 13.2 Å². The molecular formula is C26H30N2O6S. The number of hydrogen-bond donors (Lipinski definition) is 2. The van der Waals surface area contributed by atoms with E-state index in [4.69, 9.17) is 9.47 Å². The van der Waals surface area contributed by atoms with E-state index in [1.54, 1.807) is 6.92 Å². The molecule has 2 aromatic rings. The first kappa shape index (κ1) is 25.1. The number of nitrogens with zero attached hydrogens (tertiary/aromatic N) is 1. The van der Waals surface area contributed by atoms with Gasteiger partial charge in [-0.3, -0.25) is 9.59 Å². The maximum absolute atomic E-state index is 13.3. The van der Waals surface area contributed by atoms with Crippen molar-refractivity contribution in [3.05, 3.63) is 59.7 Å². The Bertz CT molecular complexity index is 1060. The number of carboxylic acid groups (broad SMARTS) is 1. The summed E-state index contributed by atoms with van der Waals surface area (Å²) in [5.74, 6) is -0.891. The summed E-state index contributed by atoms with van der Waals surface area (Å²) < 4.78 is 11.2. The van der Waals surface area contributed by atoms with Crippen LogP contribution in [0.5, 0.6) is 0 Å². The average molecular weight is 499 g/mol. The highest BCUT2D eigenvalue weighted by atomic mass is 32.2. The Balaban J connectivity index is 1.42. The van der Waals surface area contributed by atoms with Crippen LogP contribution in [0.2, 0.25) is 0 Å². The fourth-order valence-electron chi connectivity index (χ4n) is 4.85. The minimum atomic E-state index is -1.08. The van der Waals surface area contributed by atoms with Gasteiger partial charge in [0.05, 0.1) is 24.7 Å². The van der Waals surface area contributed by atoms with Crippen LogP contribution in [0, 0.1) is 5.41 Å². The third-order valence-corrected chi connectivity index (χ3v) is 7.35. The minimum Gasteiger partial charge on any atom is -0.480 e. The van der Waals surface area contributed by atoms with Crippen LogP contribution in [0.3, 0.4) is 0 Å². The van der Waals surface area contributed by atoms with E-state index in [9.17, 15) is 19.5 Å². The summed E-state index contributed by atoms with van der Waals surface area (Å²) in [6, 6.07) is 15.6. The third-order valence-electron chi connectivity index (χ3n) is 6.76. The maximum Gasteiger partial charge on any atom is 0.407 e. The predicted molar refractivity (Wildman–Crippen MR) is 134 cm³/mol. The molecule has 35 heavy (non-hydrogen) atoms. The van der Waals surface area contributed by atoms with Crippen LogP contribution in [0.15, 0.2) is 48.5 Å². The largest absolute Gasteiger partial charge is 0.480 e. The molecule has 2 unspecified atom stereocenters. The molecule has 0 saturated carbocycles. The second-order valence-electron chi connectivity index (χ2n) is 9.07. The molecule has 0 radical (unpaired) electrons. The number of alkyl carbamates (subject to hydrolysis) is 1. The number of carboxylic acids is 1. The second-order valence-corrected chi connectivity index (χ2v) is 10.1. The number of nitrogens with one attached hydrogen (secondary N) is 1. The first-order valence-electron chi connectivity index (χ1n) is 11.5. The quantitative estimate of drug-likeness (QED) is 0.547. The molecule has 1 heterocycles. The Labute approximate surface area is 209 Å². The number of thioether (sulfide) groups is 1. The maximum atomic E-state index is 13.3. The van der Waals surface area contributed by atoms with Gasteiger partial charge in [-0.2, -0.15) is 11.8 Å². The number of amides is 2. The highest BCUT2D eigenvalue weighted by Crippen LogP contribution is 2.44. The van der Waals surface area contributed by atoms with Gasteiger partial charge in [0.25, 0.3) is 0 Å². The van der Waals surface area contributed by atoms with E-state index in [-0.39, 0.29) is 31.6 Å². The van der Waals surface area contributed by atoms with E-state index in [2.05, 4.69) is 17.4 Å². The van der Waals surface area contributed by atoms with Crippen LogP contribution < -0.4 is 5.32 Å². The van der Waals surface area contributed by atoms with Gasteiger partial charge in [0, 0.05) is 18.2 Å². The van der Waals surface area contributed by atoms with E-state index < -0.39 is 30.1 Å². The summed E-state index contributed by atoms with van der Waals surface area (Å²) in [6.07, 6.45) is 1.26. The van der Waals surface area contributed by atoms with Crippen molar-refractivity contribution in [3.63, 3.8) is 0 Å². The Kier molecular flexibility index (Phi) is 7.66. The minimum absolute atomic E-state index is 0.0707. The van der Waals surface area contributed by atoms with Crippen molar-refractivity contribution in [3.8, 4) is 11.1 Å². The molecule has 2 aliphatic rings. The molecule has 2 amide bonds. The fraction of sp³-hybridized carbons (Fsp3) is 0.423. The van der Waals surface area contributed by atoms with Gasteiger partial charge in [-0.05, 0) is 35.4 Å². The van der Waals surface area contributed by atoms with E-state index in [0.717, 1.165) is 22.3 Å². The number of ether oxygens (including phenoxy) is 2. The molecule has 0 spiro atoms. The number of carbonyl (C=O) groups excluding carboxylic acids is 2. The number of benzene rings is 2. The van der Waals surface area contributed by atoms with Crippen LogP contribution in [0.1, 0.15) is 24.0 Å². The lowest BCUT2D eigenvalue weighted by Gasteiger charge is -2.34. The van der Waals surface area contributed by atoms with Crippen LogP contribution >= 0.6 is 11.8 Å². The molecule has 8 nitrogen and oxygen atoms in total. The lowest BCUT2D eigenvalue weighted by atomic mass is 9.83. The molecule has 2 aromatic carbocycles. The molecule has 9 heteroatoms. The zero-order chi connectivity index (χ0) is 25.0. The van der Waals surface area contributed by atoms with Crippen molar-refractivity contribution in [2.45, 2.75) is 18.9 Å². The zero-order valence-corrected chi connectivity index (χ0v) is 20.7. The van der Waals surface area contributed by atoms with Gasteiger partial charge in [0.2, 0.25) is 5.91 Å². The van der Waals surface area contributed by atoms with Gasteiger partial charge in [-0.25, -0.2) is 4.79 Å². The van der Waals surface area contributed by atoms with Gasteiger partial charge >= 0.3 is 12.1 Å². The zero-order valence-electron chi connectivity index (χ0n) is 19.9. The van der Waals surface area contributed by atoms with Crippen LogP contribution in [-0.4, -0.2) is 78.9 Å². The molecular weight excluding hydrogens is 468 g/mol. The summed E-state index contributed by atoms with van der Waals surface area (Å²) in [7, 11) is 0. The molecule has 1 aliphatic carbocycles. The topological polar surface area (TPSA) is 105 Å². The Morgan fingerprint density at radius 1 is 1.14 bits per heavy atom. The van der Waals surface area contributed by atoms with Crippen LogP contribution in [-0.2, 0) is 19.1 Å². The summed E-state index contributed by atoms with van der Waals surface area (Å²) in [5.41, 5.74) is 3.43. The first-order chi connectivity index (χ1) is 16.8. The molecule has 2 N–H and O–H groups in total. The van der Waals surface area contributed by atoms with Crippen molar-refractivity contribution in [1.82, 2.24) is 10.2 Å². The first-order valence-corrected chi connectivity index (χ1v) is 12.9. The molecule has 1 fully saturated rings. The summed E-state index contributed by atoms with van der Waals surface area (Å²) >= 11 is 1.53. The van der Waals surface area contributed by atoms with Gasteiger partial charge in [-0.1, -0.05) is 48.5 Å². The van der Waals surface area contributed by atoms with E-state index in [0.29, 0.717) is 12.3 Å². The number of fused-ring (bicyclic) bond motifs is 3. The van der Waals surface area contributed by atoms with Crippen LogP contribution in [0.25, 0.3) is 11.1 Å². The van der Waals surface area contributed by atoms with E-state index >= 15 is 0 Å². The lowest BCUT2D eigenvalue weighted by Crippen LogP contribution is -2.55. The van der Waals surface area contributed by atoms with Crippen molar-refractivity contribution in [2.24, 2.45) is 5.41 Å². The Hall–Kier alpha value is -3.04. The second kappa shape index (κ2) is 10.7. The third kappa shape index (κ3) is 5.16. The van der Waals surface area contributed by atoms with E-state index in [1.165, 1.54) is 16.7 Å². The lowest BCUT2D eigenvalue weighted by molar-refractivity contribution is -0.149. The highest BCUT2D eigenvalue weighted by molar-refractivity contribution is 7.98. The monoisotopic (exact) mass is 498 g/mol. The summed E-state index contributed by atoms with van der Waals surface area (Å²) in [5, 5.41) is 12.1. The van der Waals surface area contributed by atoms with Gasteiger partial charge in [0.15, 0.2) is 0 Å². The summed E-state index contributed by atoms with van der Waals surface area (Å²) in [4.78, 5) is 38.8. The SMILES string of the molecule is CSCCN(CC(=O)O)C(=O)C1(C)COCC1NC(=O)OCC1c2ccccc2-c2ccccc21. The fourth-order valence-corrected chi connectivity index (χ4v) is 5.25. The average Bonchev–Trinajstić information content (AvgIpc) is 3.38. The van der Waals surface area contributed by atoms with E-state index in [1.807, 2.05) is 42.7 Å². The number of carbonyl (C=O) groups is 3. The number of rotatable bonds is 9. The number of hydrogen-bond acceptors (Lipinski definition) is 6. The standard InChI is InChI=1S/C26H30N2O6S/c1-26(24(31)28(11-12-35-2)13-23(29)30)16-33-15-22(26)27-25(32)34-14-21-19-9-5-3-7-17(19)18-8-4-6-10-20(18)21/h3-10,21-22H,11-16H2,1-2H3,(H,27,32)(H,29,30). The molecule has 0 aromatic heterocycles. The van der Waals surface area contributed by atoms with Crippen molar-refractivity contribution >= 4 is 29.7 Å². The summed E-state index contributed by atoms with van der Waals surface area (Å²) in [6.45, 7) is 2.01. The molecule has 0 bridgehead atoms.